The van der Waals surface area contributed by atoms with Gasteiger partial charge in [-0.25, -0.2) is 0 Å². The molecule has 0 spiro atoms. The summed E-state index contributed by atoms with van der Waals surface area (Å²) in [6.07, 6.45) is 0. The Bertz CT molecular complexity index is 231. The fraction of sp³-hybridized carbons (Fsp3) is 0.143. The number of rotatable bonds is 0. The molecular weight excluding hydrogens is 169 g/mol. The van der Waals surface area contributed by atoms with Gasteiger partial charge in [0.15, 0.2) is 0 Å². The summed E-state index contributed by atoms with van der Waals surface area (Å²) >= 11 is 11.3. The fourth-order valence-electron chi connectivity index (χ4n) is 0.657. The number of hydrogen-bond donors (Lipinski definition) is 0. The summed E-state index contributed by atoms with van der Waals surface area (Å²) in [5, 5.41) is 0.836. The minimum Gasteiger partial charge on any atom is -0.298 e. The third-order valence-electron chi connectivity index (χ3n) is 1.28. The molecule has 0 unspecified atom stereocenters. The first-order valence-corrected chi connectivity index (χ1v) is 3.54. The summed E-state index contributed by atoms with van der Waals surface area (Å²) < 4.78 is 0. The van der Waals surface area contributed by atoms with Crippen molar-refractivity contribution in [3.05, 3.63) is 27.7 Å². The van der Waals surface area contributed by atoms with Crippen molar-refractivity contribution in [1.82, 2.24) is 5.73 Å². The first-order valence-electron chi connectivity index (χ1n) is 2.79. The van der Waals surface area contributed by atoms with Crippen LogP contribution in [0, 0.1) is 6.92 Å². The highest BCUT2D eigenvalue weighted by atomic mass is 35.5. The van der Waals surface area contributed by atoms with Gasteiger partial charge in [-0.3, -0.25) is 5.73 Å². The predicted octanol–water partition coefficient (Wildman–Crippen LogP) is 3.22. The largest absolute Gasteiger partial charge is 0.298 e. The third-order valence-corrected chi connectivity index (χ3v) is 2.09. The van der Waals surface area contributed by atoms with E-state index in [1.165, 1.54) is 0 Å². The van der Waals surface area contributed by atoms with E-state index in [4.69, 9.17) is 28.9 Å². The second-order valence-electron chi connectivity index (χ2n) is 2.05. The molecule has 1 radical (unpaired) electrons. The number of halogens is 2. The lowest BCUT2D eigenvalue weighted by Gasteiger charge is -2.01. The molecule has 1 N–H and O–H groups in total. The first kappa shape index (κ1) is 7.70. The van der Waals surface area contributed by atoms with Crippen LogP contribution in [0.5, 0.6) is 0 Å². The quantitative estimate of drug-likeness (QED) is 0.578. The van der Waals surface area contributed by atoms with Crippen LogP contribution in [0.4, 0.5) is 5.69 Å². The summed E-state index contributed by atoms with van der Waals surface area (Å²) in [7, 11) is 0. The Morgan fingerprint density at radius 2 is 1.90 bits per heavy atom. The zero-order valence-electron chi connectivity index (χ0n) is 5.41. The van der Waals surface area contributed by atoms with Crippen molar-refractivity contribution in [2.24, 2.45) is 0 Å². The van der Waals surface area contributed by atoms with Gasteiger partial charge in [0.1, 0.15) is 0 Å². The van der Waals surface area contributed by atoms with Gasteiger partial charge in [0.2, 0.25) is 0 Å². The van der Waals surface area contributed by atoms with Gasteiger partial charge in [0.25, 0.3) is 0 Å². The van der Waals surface area contributed by atoms with Gasteiger partial charge in [0, 0.05) is 0 Å². The van der Waals surface area contributed by atoms with Crippen LogP contribution in [0.3, 0.4) is 0 Å². The van der Waals surface area contributed by atoms with E-state index in [0.717, 1.165) is 5.56 Å². The minimum absolute atomic E-state index is 0.211. The Labute approximate surface area is 69.7 Å². The fourth-order valence-corrected chi connectivity index (χ4v) is 1.03. The van der Waals surface area contributed by atoms with Crippen molar-refractivity contribution < 1.29 is 0 Å². The average molecular weight is 175 g/mol. The maximum absolute atomic E-state index is 7.32. The van der Waals surface area contributed by atoms with Gasteiger partial charge in [-0.1, -0.05) is 29.3 Å². The molecule has 0 atom stereocenters. The third kappa shape index (κ3) is 1.20. The Balaban J connectivity index is 3.34. The monoisotopic (exact) mass is 174 g/mol. The maximum atomic E-state index is 7.32. The topological polar surface area (TPSA) is 23.8 Å². The van der Waals surface area contributed by atoms with Gasteiger partial charge in [0.05, 0.1) is 15.7 Å². The van der Waals surface area contributed by atoms with Crippen molar-refractivity contribution in [1.29, 1.82) is 0 Å². The van der Waals surface area contributed by atoms with Gasteiger partial charge < -0.3 is 0 Å². The Morgan fingerprint density at radius 1 is 1.30 bits per heavy atom. The molecule has 0 amide bonds. The zero-order valence-corrected chi connectivity index (χ0v) is 6.92. The van der Waals surface area contributed by atoms with Crippen LogP contribution >= 0.6 is 23.2 Å². The van der Waals surface area contributed by atoms with Crippen molar-refractivity contribution in [3.63, 3.8) is 0 Å². The number of benzene rings is 1. The van der Waals surface area contributed by atoms with Crippen LogP contribution in [0.15, 0.2) is 12.1 Å². The van der Waals surface area contributed by atoms with Crippen LogP contribution in [0.1, 0.15) is 5.56 Å². The lowest BCUT2D eigenvalue weighted by molar-refractivity contribution is 1.41. The van der Waals surface area contributed by atoms with Crippen LogP contribution in [0.2, 0.25) is 10.0 Å². The molecule has 3 heteroatoms. The van der Waals surface area contributed by atoms with Gasteiger partial charge >= 0.3 is 0 Å². The molecule has 1 aromatic rings. The molecule has 0 saturated carbocycles. The summed E-state index contributed by atoms with van der Waals surface area (Å²) in [6.45, 7) is 1.84. The Hall–Kier alpha value is -0.400. The van der Waals surface area contributed by atoms with Gasteiger partial charge in [-0.2, -0.15) is 0 Å². The molecule has 0 fully saturated rings. The lowest BCUT2D eigenvalue weighted by Crippen LogP contribution is -1.78. The highest BCUT2D eigenvalue weighted by Gasteiger charge is 2.03. The van der Waals surface area contributed by atoms with E-state index in [9.17, 15) is 0 Å². The number of hydrogen-bond acceptors (Lipinski definition) is 0. The van der Waals surface area contributed by atoms with E-state index in [1.807, 2.05) is 6.92 Å². The molecule has 0 aliphatic heterocycles. The van der Waals surface area contributed by atoms with Crippen molar-refractivity contribution in [2.45, 2.75) is 6.92 Å². The average Bonchev–Trinajstić information content (AvgIpc) is 1.93. The normalized spacial score (nSPS) is 9.90. The first-order chi connectivity index (χ1) is 4.63. The highest BCUT2D eigenvalue weighted by Crippen LogP contribution is 2.30. The Kier molecular flexibility index (Phi) is 2.07. The van der Waals surface area contributed by atoms with E-state index in [-0.39, 0.29) is 5.69 Å². The maximum Gasteiger partial charge on any atom is 0.0915 e. The molecule has 1 rings (SSSR count). The van der Waals surface area contributed by atoms with Crippen LogP contribution in [0.25, 0.3) is 0 Å². The molecule has 53 valence electrons. The Morgan fingerprint density at radius 3 is 2.40 bits per heavy atom. The van der Waals surface area contributed by atoms with Gasteiger partial charge in [-0.15, -0.1) is 0 Å². The molecule has 0 aromatic heterocycles. The molecule has 0 bridgehead atoms. The minimum atomic E-state index is 0.211. The molecule has 0 heterocycles. The summed E-state index contributed by atoms with van der Waals surface area (Å²) in [5.41, 5.74) is 8.42. The summed E-state index contributed by atoms with van der Waals surface area (Å²) in [4.78, 5) is 0. The van der Waals surface area contributed by atoms with Crippen LogP contribution in [-0.2, 0) is 0 Å². The van der Waals surface area contributed by atoms with Crippen LogP contribution in [-0.4, -0.2) is 0 Å². The molecule has 10 heavy (non-hydrogen) atoms. The lowest BCUT2D eigenvalue weighted by atomic mass is 10.2. The number of aryl methyl sites for hydroxylation is 1. The molecular formula is C7H6Cl2N. The summed E-state index contributed by atoms with van der Waals surface area (Å²) in [5.74, 6) is 0. The zero-order chi connectivity index (χ0) is 7.72. The van der Waals surface area contributed by atoms with E-state index < -0.39 is 0 Å². The highest BCUT2D eigenvalue weighted by molar-refractivity contribution is 6.38. The standard InChI is InChI=1S/C7H6Cl2N/c1-4-2-3-5(8)7(10)6(4)9/h2-3,10H,1H3. The van der Waals surface area contributed by atoms with E-state index >= 15 is 0 Å². The van der Waals surface area contributed by atoms with E-state index in [0.29, 0.717) is 10.0 Å². The van der Waals surface area contributed by atoms with Crippen molar-refractivity contribution in [2.75, 3.05) is 0 Å². The van der Waals surface area contributed by atoms with Crippen LogP contribution < -0.4 is 5.73 Å². The van der Waals surface area contributed by atoms with Gasteiger partial charge in [-0.05, 0) is 18.6 Å². The van der Waals surface area contributed by atoms with Crippen molar-refractivity contribution in [3.8, 4) is 0 Å². The predicted molar refractivity (Wildman–Crippen MR) is 44.0 cm³/mol. The second kappa shape index (κ2) is 2.69. The molecule has 0 saturated heterocycles. The van der Waals surface area contributed by atoms with E-state index in [2.05, 4.69) is 0 Å². The number of nitrogens with one attached hydrogen (secondary N) is 1. The van der Waals surface area contributed by atoms with E-state index in [1.54, 1.807) is 12.1 Å². The molecule has 0 aliphatic rings. The second-order valence-corrected chi connectivity index (χ2v) is 2.84. The SMILES string of the molecule is Cc1ccc(Cl)c([NH])c1Cl. The molecule has 1 nitrogen and oxygen atoms in total. The van der Waals surface area contributed by atoms with Crippen molar-refractivity contribution >= 4 is 28.9 Å². The summed E-state index contributed by atoms with van der Waals surface area (Å²) in [6, 6.07) is 3.47. The smallest absolute Gasteiger partial charge is 0.0915 e. The molecule has 1 aromatic carbocycles. The molecule has 0 aliphatic carbocycles.